The quantitative estimate of drug-likeness (QED) is 0.658. The third-order valence-electron chi connectivity index (χ3n) is 4.41. The summed E-state index contributed by atoms with van der Waals surface area (Å²) in [6.45, 7) is 0.660. The van der Waals surface area contributed by atoms with Crippen molar-refractivity contribution in [1.82, 2.24) is 4.98 Å². The fourth-order valence-corrected chi connectivity index (χ4v) is 2.90. The second-order valence-electron chi connectivity index (χ2n) is 5.91. The molecule has 0 unspecified atom stereocenters. The summed E-state index contributed by atoms with van der Waals surface area (Å²) in [5.74, 6) is 1.20. The zero-order valence-electron chi connectivity index (χ0n) is 13.3. The van der Waals surface area contributed by atoms with E-state index in [2.05, 4.69) is 21.4 Å². The molecule has 3 N–H and O–H groups in total. The number of hydrogen-bond donors (Lipinski definition) is 2. The first-order valence-electron chi connectivity index (χ1n) is 7.84. The molecule has 0 amide bonds. The molecular weight excluding hydrogens is 288 g/mol. The number of hydrogen-bond acceptors (Lipinski definition) is 3. The van der Waals surface area contributed by atoms with Crippen LogP contribution in [0.25, 0.3) is 0 Å². The standard InChI is InChI=1S/C18H22N4O/c1-23-15-7-4-6-14(12-15)22-17(19)21-13-18(9-5-10-18)16-8-2-3-11-20-16/h2-4,6-8,11-12H,5,9-10,13H2,1H3,(H3,19,21,22). The predicted octanol–water partition coefficient (Wildman–Crippen LogP) is 2.94. The summed E-state index contributed by atoms with van der Waals surface area (Å²) in [6, 6.07) is 13.7. The predicted molar refractivity (Wildman–Crippen MR) is 92.9 cm³/mol. The Morgan fingerprint density at radius 1 is 1.30 bits per heavy atom. The van der Waals surface area contributed by atoms with E-state index >= 15 is 0 Å². The van der Waals surface area contributed by atoms with Crippen LogP contribution in [0.3, 0.4) is 0 Å². The van der Waals surface area contributed by atoms with E-state index in [1.54, 1.807) is 7.11 Å². The molecule has 1 saturated carbocycles. The van der Waals surface area contributed by atoms with Crippen LogP contribution in [0.1, 0.15) is 25.0 Å². The largest absolute Gasteiger partial charge is 0.497 e. The zero-order valence-corrected chi connectivity index (χ0v) is 13.3. The zero-order chi connectivity index (χ0) is 16.1. The van der Waals surface area contributed by atoms with Crippen molar-refractivity contribution in [2.75, 3.05) is 19.0 Å². The Hall–Kier alpha value is -2.56. The number of nitrogens with zero attached hydrogens (tertiary/aromatic N) is 2. The first-order chi connectivity index (χ1) is 11.2. The molecule has 3 rings (SSSR count). The van der Waals surface area contributed by atoms with E-state index in [1.807, 2.05) is 42.6 Å². The number of guanidine groups is 1. The second kappa shape index (κ2) is 6.69. The number of pyridine rings is 1. The van der Waals surface area contributed by atoms with Gasteiger partial charge in [0.2, 0.25) is 0 Å². The molecule has 1 fully saturated rings. The van der Waals surface area contributed by atoms with Gasteiger partial charge in [0.1, 0.15) is 5.75 Å². The van der Waals surface area contributed by atoms with Crippen LogP contribution >= 0.6 is 0 Å². The highest BCUT2D eigenvalue weighted by Crippen LogP contribution is 2.42. The molecule has 0 bridgehead atoms. The van der Waals surface area contributed by atoms with Crippen molar-refractivity contribution in [3.63, 3.8) is 0 Å². The van der Waals surface area contributed by atoms with Crippen molar-refractivity contribution in [3.05, 3.63) is 54.4 Å². The molecule has 5 heteroatoms. The summed E-state index contributed by atoms with van der Waals surface area (Å²) >= 11 is 0. The topological polar surface area (TPSA) is 72.5 Å². The van der Waals surface area contributed by atoms with Crippen molar-refractivity contribution in [2.45, 2.75) is 24.7 Å². The number of aromatic nitrogens is 1. The molecule has 0 radical (unpaired) electrons. The minimum Gasteiger partial charge on any atom is -0.497 e. The van der Waals surface area contributed by atoms with Crippen molar-refractivity contribution in [2.24, 2.45) is 10.7 Å². The lowest BCUT2D eigenvalue weighted by Gasteiger charge is -2.40. The lowest BCUT2D eigenvalue weighted by molar-refractivity contribution is 0.246. The average molecular weight is 310 g/mol. The Bertz CT molecular complexity index is 680. The van der Waals surface area contributed by atoms with Gasteiger partial charge in [0, 0.05) is 29.1 Å². The summed E-state index contributed by atoms with van der Waals surface area (Å²) in [4.78, 5) is 9.06. The van der Waals surface area contributed by atoms with Crippen molar-refractivity contribution >= 4 is 11.6 Å². The molecule has 23 heavy (non-hydrogen) atoms. The van der Waals surface area contributed by atoms with Crippen LogP contribution in [0.15, 0.2) is 53.7 Å². The van der Waals surface area contributed by atoms with Gasteiger partial charge in [0.15, 0.2) is 5.96 Å². The monoisotopic (exact) mass is 310 g/mol. The molecule has 120 valence electrons. The average Bonchev–Trinajstić information content (AvgIpc) is 2.55. The van der Waals surface area contributed by atoms with Gasteiger partial charge >= 0.3 is 0 Å². The normalized spacial score (nSPS) is 16.5. The molecule has 1 aliphatic rings. The van der Waals surface area contributed by atoms with Crippen molar-refractivity contribution in [3.8, 4) is 5.75 Å². The van der Waals surface area contributed by atoms with Gasteiger partial charge in [-0.3, -0.25) is 9.98 Å². The van der Waals surface area contributed by atoms with E-state index in [4.69, 9.17) is 10.5 Å². The number of anilines is 1. The number of benzene rings is 1. The molecule has 0 spiro atoms. The van der Waals surface area contributed by atoms with E-state index < -0.39 is 0 Å². The fourth-order valence-electron chi connectivity index (χ4n) is 2.90. The van der Waals surface area contributed by atoms with Gasteiger partial charge in [-0.1, -0.05) is 18.6 Å². The summed E-state index contributed by atoms with van der Waals surface area (Å²) in [6.07, 6.45) is 5.28. The van der Waals surface area contributed by atoms with Gasteiger partial charge in [0.05, 0.1) is 13.7 Å². The van der Waals surface area contributed by atoms with E-state index in [1.165, 1.54) is 6.42 Å². The molecule has 0 saturated heterocycles. The van der Waals surface area contributed by atoms with Crippen LogP contribution < -0.4 is 15.8 Å². The van der Waals surface area contributed by atoms with Gasteiger partial charge < -0.3 is 15.8 Å². The minimum absolute atomic E-state index is 0.0436. The summed E-state index contributed by atoms with van der Waals surface area (Å²) in [5, 5.41) is 3.12. The van der Waals surface area contributed by atoms with Gasteiger partial charge in [-0.15, -0.1) is 0 Å². The van der Waals surface area contributed by atoms with Crippen LogP contribution in [0.4, 0.5) is 5.69 Å². The van der Waals surface area contributed by atoms with Crippen LogP contribution in [-0.2, 0) is 5.41 Å². The maximum atomic E-state index is 6.04. The Balaban J connectivity index is 1.68. The maximum absolute atomic E-state index is 6.04. The molecule has 0 atom stereocenters. The van der Waals surface area contributed by atoms with E-state index in [9.17, 15) is 0 Å². The van der Waals surface area contributed by atoms with Gasteiger partial charge in [-0.2, -0.15) is 0 Å². The highest BCUT2D eigenvalue weighted by molar-refractivity contribution is 5.92. The molecule has 1 aromatic carbocycles. The SMILES string of the molecule is COc1cccc(NC(N)=NCC2(c3ccccn3)CCC2)c1. The molecule has 0 aliphatic heterocycles. The molecule has 1 aromatic heterocycles. The Labute approximate surface area is 136 Å². The lowest BCUT2D eigenvalue weighted by atomic mass is 9.66. The summed E-state index contributed by atoms with van der Waals surface area (Å²) in [7, 11) is 1.64. The Kier molecular flexibility index (Phi) is 4.46. The second-order valence-corrected chi connectivity index (χ2v) is 5.91. The first kappa shape index (κ1) is 15.3. The van der Waals surface area contributed by atoms with Crippen molar-refractivity contribution in [1.29, 1.82) is 0 Å². The van der Waals surface area contributed by atoms with E-state index in [-0.39, 0.29) is 5.41 Å². The van der Waals surface area contributed by atoms with Crippen LogP contribution in [0.5, 0.6) is 5.75 Å². The van der Waals surface area contributed by atoms with Gasteiger partial charge in [-0.05, 0) is 37.1 Å². The Morgan fingerprint density at radius 3 is 2.83 bits per heavy atom. The van der Waals surface area contributed by atoms with Crippen LogP contribution in [-0.4, -0.2) is 24.6 Å². The third-order valence-corrected chi connectivity index (χ3v) is 4.41. The van der Waals surface area contributed by atoms with Crippen molar-refractivity contribution < 1.29 is 4.74 Å². The van der Waals surface area contributed by atoms with Gasteiger partial charge in [0.25, 0.3) is 0 Å². The lowest BCUT2D eigenvalue weighted by Crippen LogP contribution is -2.39. The maximum Gasteiger partial charge on any atom is 0.193 e. The van der Waals surface area contributed by atoms with E-state index in [0.29, 0.717) is 12.5 Å². The van der Waals surface area contributed by atoms with E-state index in [0.717, 1.165) is 30.0 Å². The molecule has 5 nitrogen and oxygen atoms in total. The summed E-state index contributed by atoms with van der Waals surface area (Å²) in [5.41, 5.74) is 8.06. The smallest absolute Gasteiger partial charge is 0.193 e. The fraction of sp³-hybridized carbons (Fsp3) is 0.333. The highest BCUT2D eigenvalue weighted by atomic mass is 16.5. The number of nitrogens with two attached hydrogens (primary N) is 1. The Morgan fingerprint density at radius 2 is 2.17 bits per heavy atom. The number of ether oxygens (including phenoxy) is 1. The number of aliphatic imine (C=N–C) groups is 1. The molecular formula is C18H22N4O. The van der Waals surface area contributed by atoms with Crippen LogP contribution in [0.2, 0.25) is 0 Å². The third kappa shape index (κ3) is 3.44. The first-order valence-corrected chi connectivity index (χ1v) is 7.84. The number of methoxy groups -OCH3 is 1. The minimum atomic E-state index is 0.0436. The number of nitrogens with one attached hydrogen (secondary N) is 1. The molecule has 1 aliphatic carbocycles. The highest BCUT2D eigenvalue weighted by Gasteiger charge is 2.39. The molecule has 1 heterocycles. The summed E-state index contributed by atoms with van der Waals surface area (Å²) < 4.78 is 5.21. The van der Waals surface area contributed by atoms with Crippen LogP contribution in [0, 0.1) is 0 Å². The number of rotatable bonds is 5. The van der Waals surface area contributed by atoms with Gasteiger partial charge in [-0.25, -0.2) is 0 Å². The molecule has 2 aromatic rings.